The molecule has 2 amide bonds. The molecule has 21 heavy (non-hydrogen) atoms. The van der Waals surface area contributed by atoms with E-state index >= 15 is 0 Å². The number of urea groups is 1. The van der Waals surface area contributed by atoms with Crippen LogP contribution in [0, 0.1) is 17.6 Å². The molecule has 4 nitrogen and oxygen atoms in total. The molecule has 1 aliphatic heterocycles. The van der Waals surface area contributed by atoms with Gasteiger partial charge in [0.25, 0.3) is 0 Å². The van der Waals surface area contributed by atoms with Crippen molar-refractivity contribution in [3.8, 4) is 0 Å². The third-order valence-corrected chi connectivity index (χ3v) is 3.88. The van der Waals surface area contributed by atoms with Crippen LogP contribution in [0.5, 0.6) is 0 Å². The number of nitrogens with zero attached hydrogens (tertiary/aromatic N) is 1. The first-order valence-electron chi connectivity index (χ1n) is 7.09. The Morgan fingerprint density at radius 2 is 2.29 bits per heavy atom. The van der Waals surface area contributed by atoms with Gasteiger partial charge < -0.3 is 15.3 Å². The van der Waals surface area contributed by atoms with Gasteiger partial charge >= 0.3 is 6.03 Å². The number of carbonyl (C=O) groups is 1. The van der Waals surface area contributed by atoms with Gasteiger partial charge in [-0.15, -0.1) is 0 Å². The van der Waals surface area contributed by atoms with Gasteiger partial charge in [0.1, 0.15) is 11.6 Å². The fourth-order valence-electron chi connectivity index (χ4n) is 2.53. The maximum atomic E-state index is 13.6. The number of halogens is 2. The van der Waals surface area contributed by atoms with Gasteiger partial charge in [-0.1, -0.05) is 13.0 Å². The highest BCUT2D eigenvalue weighted by Gasteiger charge is 2.25. The number of nitrogens with one attached hydrogen (secondary N) is 1. The predicted molar refractivity (Wildman–Crippen MR) is 74.9 cm³/mol. The normalized spacial score (nSPS) is 19.6. The molecule has 0 aromatic heterocycles. The number of amides is 2. The van der Waals surface area contributed by atoms with Gasteiger partial charge in [-0.05, 0) is 18.1 Å². The van der Waals surface area contributed by atoms with E-state index in [4.69, 9.17) is 5.11 Å². The number of hydrogen-bond acceptors (Lipinski definition) is 2. The molecule has 1 aromatic carbocycles. The highest BCUT2D eigenvalue weighted by atomic mass is 19.1. The van der Waals surface area contributed by atoms with Crippen LogP contribution in [0.25, 0.3) is 0 Å². The fourth-order valence-corrected chi connectivity index (χ4v) is 2.53. The lowest BCUT2D eigenvalue weighted by Crippen LogP contribution is -2.40. The Balaban J connectivity index is 1.86. The van der Waals surface area contributed by atoms with Crippen LogP contribution < -0.4 is 5.32 Å². The lowest BCUT2D eigenvalue weighted by atomic mass is 10.0. The minimum atomic E-state index is -0.611. The maximum Gasteiger partial charge on any atom is 0.317 e. The topological polar surface area (TPSA) is 52.6 Å². The Bertz CT molecular complexity index is 510. The zero-order valence-electron chi connectivity index (χ0n) is 12.0. The molecule has 0 saturated carbocycles. The number of carbonyl (C=O) groups excluding carboxylic acids is 1. The van der Waals surface area contributed by atoms with Crippen LogP contribution in [0.15, 0.2) is 18.2 Å². The van der Waals surface area contributed by atoms with Crippen molar-refractivity contribution < 1.29 is 18.7 Å². The minimum absolute atomic E-state index is 0.0843. The molecule has 1 aliphatic rings. The summed E-state index contributed by atoms with van der Waals surface area (Å²) in [6.07, 6.45) is 0.798. The number of benzene rings is 1. The van der Waals surface area contributed by atoms with Crippen LogP contribution in [-0.2, 0) is 0 Å². The Kier molecular flexibility index (Phi) is 5.12. The van der Waals surface area contributed by atoms with Crippen LogP contribution in [-0.4, -0.2) is 42.3 Å². The monoisotopic (exact) mass is 298 g/mol. The molecule has 1 aromatic rings. The maximum absolute atomic E-state index is 13.6. The molecule has 1 fully saturated rings. The largest absolute Gasteiger partial charge is 0.396 e. The molecule has 1 saturated heterocycles. The lowest BCUT2D eigenvalue weighted by molar-refractivity contribution is 0.198. The Labute approximate surface area is 122 Å². The zero-order valence-corrected chi connectivity index (χ0v) is 12.0. The number of hydrogen-bond donors (Lipinski definition) is 2. The van der Waals surface area contributed by atoms with Gasteiger partial charge in [-0.3, -0.25) is 0 Å². The number of aliphatic hydroxyl groups is 1. The van der Waals surface area contributed by atoms with E-state index in [1.807, 2.05) is 0 Å². The van der Waals surface area contributed by atoms with E-state index in [1.165, 1.54) is 12.1 Å². The molecule has 2 rings (SSSR count). The van der Waals surface area contributed by atoms with Crippen LogP contribution >= 0.6 is 0 Å². The quantitative estimate of drug-likeness (QED) is 0.894. The third-order valence-electron chi connectivity index (χ3n) is 3.88. The molecular weight excluding hydrogens is 278 g/mol. The fraction of sp³-hybridized carbons (Fsp3) is 0.533. The second-order valence-corrected chi connectivity index (χ2v) is 5.54. The number of rotatable bonds is 4. The van der Waals surface area contributed by atoms with E-state index in [2.05, 4.69) is 5.32 Å². The molecule has 2 N–H and O–H groups in total. The number of likely N-dealkylation sites (tertiary alicyclic amines) is 1. The molecule has 6 heteroatoms. The third kappa shape index (κ3) is 3.91. The van der Waals surface area contributed by atoms with Crippen molar-refractivity contribution in [2.24, 2.45) is 5.92 Å². The summed E-state index contributed by atoms with van der Waals surface area (Å²) in [4.78, 5) is 13.6. The molecular formula is C15H20F2N2O2. The lowest BCUT2D eigenvalue weighted by Gasteiger charge is -2.19. The highest BCUT2D eigenvalue weighted by molar-refractivity contribution is 5.74. The van der Waals surface area contributed by atoms with Gasteiger partial charge in [0.15, 0.2) is 0 Å². The summed E-state index contributed by atoms with van der Waals surface area (Å²) in [6.45, 7) is 3.30. The zero-order chi connectivity index (χ0) is 15.4. The molecule has 0 bridgehead atoms. The molecule has 116 valence electrons. The van der Waals surface area contributed by atoms with E-state index in [1.54, 1.807) is 11.8 Å². The van der Waals surface area contributed by atoms with Crippen LogP contribution in [0.1, 0.15) is 24.8 Å². The van der Waals surface area contributed by atoms with Crippen LogP contribution in [0.3, 0.4) is 0 Å². The van der Waals surface area contributed by atoms with Crippen molar-refractivity contribution in [1.82, 2.24) is 10.2 Å². The molecule has 2 unspecified atom stereocenters. The predicted octanol–water partition coefficient (Wildman–Crippen LogP) is 2.09. The van der Waals surface area contributed by atoms with Crippen molar-refractivity contribution in [3.63, 3.8) is 0 Å². The van der Waals surface area contributed by atoms with E-state index < -0.39 is 11.6 Å². The SMILES string of the molecule is CC(CNC(=O)N1CCC(CO)C1)c1ccc(F)cc1F. The summed E-state index contributed by atoms with van der Waals surface area (Å²) in [7, 11) is 0. The summed E-state index contributed by atoms with van der Waals surface area (Å²) in [5, 5.41) is 11.8. The first-order valence-corrected chi connectivity index (χ1v) is 7.09. The van der Waals surface area contributed by atoms with Crippen molar-refractivity contribution >= 4 is 6.03 Å². The standard InChI is InChI=1S/C15H20F2N2O2/c1-10(13-3-2-12(16)6-14(13)17)7-18-15(21)19-5-4-11(8-19)9-20/h2-3,6,10-11,20H,4-5,7-9H2,1H3,(H,18,21). The summed E-state index contributed by atoms with van der Waals surface area (Å²) in [6, 6.07) is 3.25. The number of aliphatic hydroxyl groups excluding tert-OH is 1. The Morgan fingerprint density at radius 1 is 1.52 bits per heavy atom. The molecule has 0 aliphatic carbocycles. The Hall–Kier alpha value is -1.69. The second kappa shape index (κ2) is 6.85. The highest BCUT2D eigenvalue weighted by Crippen LogP contribution is 2.20. The van der Waals surface area contributed by atoms with Gasteiger partial charge in [0, 0.05) is 44.1 Å². The molecule has 1 heterocycles. The average Bonchev–Trinajstić information content (AvgIpc) is 2.93. The van der Waals surface area contributed by atoms with E-state index in [0.29, 0.717) is 18.7 Å². The molecule has 2 atom stereocenters. The van der Waals surface area contributed by atoms with E-state index in [9.17, 15) is 13.6 Å². The summed E-state index contributed by atoms with van der Waals surface area (Å²) in [5.41, 5.74) is 0.381. The van der Waals surface area contributed by atoms with Crippen LogP contribution in [0.4, 0.5) is 13.6 Å². The Morgan fingerprint density at radius 3 is 2.90 bits per heavy atom. The van der Waals surface area contributed by atoms with Gasteiger partial charge in [0.05, 0.1) is 0 Å². The van der Waals surface area contributed by atoms with Crippen LogP contribution in [0.2, 0.25) is 0 Å². The van der Waals surface area contributed by atoms with Gasteiger partial charge in [-0.2, -0.15) is 0 Å². The smallest absolute Gasteiger partial charge is 0.317 e. The summed E-state index contributed by atoms with van der Waals surface area (Å²) in [5.74, 6) is -1.31. The van der Waals surface area contributed by atoms with Crippen molar-refractivity contribution in [1.29, 1.82) is 0 Å². The van der Waals surface area contributed by atoms with Gasteiger partial charge in [-0.25, -0.2) is 13.6 Å². The first-order chi connectivity index (χ1) is 10.0. The minimum Gasteiger partial charge on any atom is -0.396 e. The summed E-state index contributed by atoms with van der Waals surface area (Å²) < 4.78 is 26.5. The van der Waals surface area contributed by atoms with Crippen molar-refractivity contribution in [2.45, 2.75) is 19.3 Å². The second-order valence-electron chi connectivity index (χ2n) is 5.54. The van der Waals surface area contributed by atoms with E-state index in [0.717, 1.165) is 12.5 Å². The summed E-state index contributed by atoms with van der Waals surface area (Å²) >= 11 is 0. The average molecular weight is 298 g/mol. The van der Waals surface area contributed by atoms with Crippen molar-refractivity contribution in [3.05, 3.63) is 35.4 Å². The van der Waals surface area contributed by atoms with Gasteiger partial charge in [0.2, 0.25) is 0 Å². The van der Waals surface area contributed by atoms with E-state index in [-0.39, 0.29) is 31.0 Å². The van der Waals surface area contributed by atoms with Crippen molar-refractivity contribution in [2.75, 3.05) is 26.2 Å². The first kappa shape index (κ1) is 15.7. The molecule has 0 radical (unpaired) electrons. The molecule has 0 spiro atoms.